The molecule has 0 radical (unpaired) electrons. The molecule has 0 saturated carbocycles. The highest BCUT2D eigenvalue weighted by atomic mass is 35.5. The van der Waals surface area contributed by atoms with Crippen LogP contribution in [0.1, 0.15) is 20.8 Å². The number of methoxy groups -OCH3 is 2. The summed E-state index contributed by atoms with van der Waals surface area (Å²) in [6.45, 7) is 5.64. The van der Waals surface area contributed by atoms with Crippen LogP contribution in [-0.4, -0.2) is 45.2 Å². The van der Waals surface area contributed by atoms with Gasteiger partial charge in [-0.05, 0) is 39.0 Å². The SMILES string of the molecule is CCOc1cc(OCC)c(NC(=O)C(N=Nc2cc(OC)ccc2OC)C(C)=O)cc1Cl. The second-order valence-electron chi connectivity index (χ2n) is 6.40. The van der Waals surface area contributed by atoms with Gasteiger partial charge in [0.25, 0.3) is 5.91 Å². The number of carbonyl (C=O) groups excluding carboxylic acids is 2. The normalized spacial score (nSPS) is 11.7. The zero-order valence-electron chi connectivity index (χ0n) is 18.6. The van der Waals surface area contributed by atoms with Crippen LogP contribution in [0.4, 0.5) is 11.4 Å². The number of azo groups is 1. The predicted molar refractivity (Wildman–Crippen MR) is 121 cm³/mol. The van der Waals surface area contributed by atoms with Crippen molar-refractivity contribution in [2.75, 3.05) is 32.8 Å². The molecule has 0 heterocycles. The molecule has 0 spiro atoms. The van der Waals surface area contributed by atoms with Gasteiger partial charge in [0.05, 0.1) is 38.1 Å². The summed E-state index contributed by atoms with van der Waals surface area (Å²) in [6, 6.07) is 6.59. The Morgan fingerprint density at radius 1 is 1.00 bits per heavy atom. The van der Waals surface area contributed by atoms with E-state index >= 15 is 0 Å². The number of anilines is 1. The third kappa shape index (κ3) is 6.34. The van der Waals surface area contributed by atoms with E-state index in [1.54, 1.807) is 31.2 Å². The van der Waals surface area contributed by atoms with E-state index < -0.39 is 17.7 Å². The van der Waals surface area contributed by atoms with E-state index in [0.717, 1.165) is 0 Å². The number of nitrogens with zero attached hydrogens (tertiary/aromatic N) is 2. The molecule has 172 valence electrons. The van der Waals surface area contributed by atoms with Gasteiger partial charge in [0.2, 0.25) is 6.04 Å². The lowest BCUT2D eigenvalue weighted by molar-refractivity contribution is -0.126. The first-order chi connectivity index (χ1) is 15.3. The first kappa shape index (κ1) is 24.9. The van der Waals surface area contributed by atoms with Crippen molar-refractivity contribution in [1.29, 1.82) is 0 Å². The summed E-state index contributed by atoms with van der Waals surface area (Å²) >= 11 is 6.24. The molecule has 2 aromatic rings. The summed E-state index contributed by atoms with van der Waals surface area (Å²) in [5, 5.41) is 10.9. The number of Topliss-reactive ketones (excluding diaryl/α,β-unsaturated/α-hetero) is 1. The molecule has 0 saturated heterocycles. The van der Waals surface area contributed by atoms with Crippen molar-refractivity contribution in [1.82, 2.24) is 0 Å². The van der Waals surface area contributed by atoms with E-state index in [1.807, 2.05) is 6.92 Å². The lowest BCUT2D eigenvalue weighted by Crippen LogP contribution is -2.32. The highest BCUT2D eigenvalue weighted by molar-refractivity contribution is 6.32. The highest BCUT2D eigenvalue weighted by Crippen LogP contribution is 2.37. The molecular weight excluding hydrogens is 438 g/mol. The maximum atomic E-state index is 12.9. The largest absolute Gasteiger partial charge is 0.497 e. The van der Waals surface area contributed by atoms with Gasteiger partial charge >= 0.3 is 0 Å². The Hall–Kier alpha value is -3.33. The average molecular weight is 464 g/mol. The van der Waals surface area contributed by atoms with Crippen LogP contribution >= 0.6 is 11.6 Å². The number of amides is 1. The van der Waals surface area contributed by atoms with Gasteiger partial charge in [0, 0.05) is 12.1 Å². The fourth-order valence-electron chi connectivity index (χ4n) is 2.69. The van der Waals surface area contributed by atoms with Crippen molar-refractivity contribution >= 4 is 34.7 Å². The number of halogens is 1. The van der Waals surface area contributed by atoms with E-state index in [-0.39, 0.29) is 10.7 Å². The highest BCUT2D eigenvalue weighted by Gasteiger charge is 2.25. The number of carbonyl (C=O) groups is 2. The molecule has 1 unspecified atom stereocenters. The molecule has 0 aliphatic rings. The first-order valence-electron chi connectivity index (χ1n) is 9.87. The monoisotopic (exact) mass is 463 g/mol. The zero-order valence-corrected chi connectivity index (χ0v) is 19.4. The molecule has 0 fully saturated rings. The minimum Gasteiger partial charge on any atom is -0.497 e. The fourth-order valence-corrected chi connectivity index (χ4v) is 2.91. The van der Waals surface area contributed by atoms with Crippen LogP contribution in [0.15, 0.2) is 40.6 Å². The van der Waals surface area contributed by atoms with Crippen molar-refractivity contribution in [3.63, 3.8) is 0 Å². The van der Waals surface area contributed by atoms with Crippen molar-refractivity contribution in [2.45, 2.75) is 26.8 Å². The number of nitrogens with one attached hydrogen (secondary N) is 1. The summed E-state index contributed by atoms with van der Waals surface area (Å²) < 4.78 is 21.5. The zero-order chi connectivity index (χ0) is 23.7. The number of ether oxygens (including phenoxy) is 4. The van der Waals surface area contributed by atoms with Gasteiger partial charge in [-0.15, -0.1) is 0 Å². The summed E-state index contributed by atoms with van der Waals surface area (Å²) in [7, 11) is 2.98. The van der Waals surface area contributed by atoms with Gasteiger partial charge in [0.15, 0.2) is 5.78 Å². The topological polar surface area (TPSA) is 108 Å². The molecule has 0 aliphatic carbocycles. The number of rotatable bonds is 11. The molecule has 2 rings (SSSR count). The second-order valence-corrected chi connectivity index (χ2v) is 6.81. The summed E-state index contributed by atoms with van der Waals surface area (Å²) in [4.78, 5) is 25.0. The van der Waals surface area contributed by atoms with Crippen molar-refractivity contribution in [2.24, 2.45) is 10.2 Å². The van der Waals surface area contributed by atoms with Gasteiger partial charge in [-0.2, -0.15) is 10.2 Å². The molecule has 0 aromatic heterocycles. The van der Waals surface area contributed by atoms with Gasteiger partial charge in [0.1, 0.15) is 28.7 Å². The molecule has 2 aromatic carbocycles. The Kier molecular flexibility index (Phi) is 9.27. The molecule has 9 nitrogen and oxygen atoms in total. The van der Waals surface area contributed by atoms with Crippen LogP contribution < -0.4 is 24.3 Å². The van der Waals surface area contributed by atoms with E-state index in [0.29, 0.717) is 41.9 Å². The quantitative estimate of drug-likeness (QED) is 0.377. The van der Waals surface area contributed by atoms with Crippen molar-refractivity contribution in [3.05, 3.63) is 35.4 Å². The predicted octanol–water partition coefficient (Wildman–Crippen LogP) is 4.83. The molecule has 1 atom stereocenters. The summed E-state index contributed by atoms with van der Waals surface area (Å²) in [5.41, 5.74) is 0.593. The molecule has 32 heavy (non-hydrogen) atoms. The number of hydrogen-bond donors (Lipinski definition) is 1. The maximum Gasteiger partial charge on any atom is 0.258 e. The minimum absolute atomic E-state index is 0.283. The first-order valence-corrected chi connectivity index (χ1v) is 10.3. The van der Waals surface area contributed by atoms with E-state index in [2.05, 4.69) is 15.5 Å². The Balaban J connectivity index is 2.33. The van der Waals surface area contributed by atoms with Gasteiger partial charge in [-0.3, -0.25) is 9.59 Å². The average Bonchev–Trinajstić information content (AvgIpc) is 2.76. The van der Waals surface area contributed by atoms with Crippen LogP contribution in [0, 0.1) is 0 Å². The van der Waals surface area contributed by atoms with Crippen LogP contribution in [0.5, 0.6) is 23.0 Å². The lowest BCUT2D eigenvalue weighted by atomic mass is 10.2. The summed E-state index contributed by atoms with van der Waals surface area (Å²) in [6.07, 6.45) is 0. The molecule has 1 amide bonds. The Morgan fingerprint density at radius 2 is 1.69 bits per heavy atom. The fraction of sp³-hybridized carbons (Fsp3) is 0.364. The van der Waals surface area contributed by atoms with Crippen LogP contribution in [-0.2, 0) is 9.59 Å². The van der Waals surface area contributed by atoms with E-state index in [4.69, 9.17) is 30.5 Å². The van der Waals surface area contributed by atoms with Gasteiger partial charge in [-0.1, -0.05) is 11.6 Å². The molecule has 10 heteroatoms. The standard InChI is InChI=1S/C22H26ClN3O6/c1-6-31-19-12-20(32-7-2)16(11-15(19)23)24-22(28)21(13(3)27)26-25-17-10-14(29-4)8-9-18(17)30-5/h8-12,21H,6-7H2,1-5H3,(H,24,28). The Morgan fingerprint density at radius 3 is 2.28 bits per heavy atom. The number of benzene rings is 2. The molecule has 0 bridgehead atoms. The smallest absolute Gasteiger partial charge is 0.258 e. The Labute approximate surface area is 191 Å². The maximum absolute atomic E-state index is 12.9. The molecule has 1 N–H and O–H groups in total. The number of ketones is 1. The van der Waals surface area contributed by atoms with Gasteiger partial charge < -0.3 is 24.3 Å². The van der Waals surface area contributed by atoms with Gasteiger partial charge in [-0.25, -0.2) is 0 Å². The minimum atomic E-state index is -1.40. The van der Waals surface area contributed by atoms with Crippen LogP contribution in [0.2, 0.25) is 5.02 Å². The third-order valence-electron chi connectivity index (χ3n) is 4.19. The second kappa shape index (κ2) is 11.9. The summed E-state index contributed by atoms with van der Waals surface area (Å²) in [5.74, 6) is 0.515. The van der Waals surface area contributed by atoms with Crippen molar-refractivity contribution < 1.29 is 28.5 Å². The van der Waals surface area contributed by atoms with Crippen LogP contribution in [0.25, 0.3) is 0 Å². The van der Waals surface area contributed by atoms with E-state index in [9.17, 15) is 9.59 Å². The van der Waals surface area contributed by atoms with Crippen LogP contribution in [0.3, 0.4) is 0 Å². The van der Waals surface area contributed by atoms with Crippen molar-refractivity contribution in [3.8, 4) is 23.0 Å². The number of hydrogen-bond acceptors (Lipinski definition) is 8. The molecule has 0 aliphatic heterocycles. The molecular formula is C22H26ClN3O6. The Bertz CT molecular complexity index is 996. The van der Waals surface area contributed by atoms with E-state index in [1.165, 1.54) is 27.2 Å². The lowest BCUT2D eigenvalue weighted by Gasteiger charge is -2.16. The third-order valence-corrected chi connectivity index (χ3v) is 4.49.